The second-order valence-electron chi connectivity index (χ2n) is 23.3. The maximum Gasteiger partial charge on any atom is 0.334 e. The number of aliphatic hydroxyl groups excluding tert-OH is 6. The molecule has 5 aliphatic heterocycles. The Morgan fingerprint density at radius 1 is 0.750 bits per heavy atom. The number of esters is 1. The highest BCUT2D eigenvalue weighted by Crippen LogP contribution is 2.43. The molecule has 0 amide bonds. The molecular formula is C59H98O21. The van der Waals surface area contributed by atoms with E-state index in [-0.39, 0.29) is 50.2 Å². The largest absolute Gasteiger partial charge is 0.456 e. The molecule has 460 valence electrons. The number of hydrogen-bond donors (Lipinski definition) is 8. The summed E-state index contributed by atoms with van der Waals surface area (Å²) in [5.74, 6) is -5.43. The van der Waals surface area contributed by atoms with Crippen molar-refractivity contribution in [2.24, 2.45) is 17.8 Å². The number of methoxy groups -OCH3 is 4. The Labute approximate surface area is 473 Å². The Balaban J connectivity index is 1.38. The van der Waals surface area contributed by atoms with Gasteiger partial charge < -0.3 is 97.7 Å². The molecule has 80 heavy (non-hydrogen) atoms. The lowest BCUT2D eigenvalue weighted by molar-refractivity contribution is -0.366. The van der Waals surface area contributed by atoms with E-state index in [2.05, 4.69) is 0 Å². The topological polar surface area (TPSA) is 290 Å². The van der Waals surface area contributed by atoms with Gasteiger partial charge >= 0.3 is 5.97 Å². The molecule has 21 heteroatoms. The first-order chi connectivity index (χ1) is 37.6. The molecule has 0 bridgehead atoms. The van der Waals surface area contributed by atoms with E-state index in [0.29, 0.717) is 18.4 Å². The molecule has 21 nitrogen and oxygen atoms in total. The van der Waals surface area contributed by atoms with Gasteiger partial charge in [-0.25, -0.2) is 4.79 Å². The molecule has 5 rings (SSSR count). The van der Waals surface area contributed by atoms with Crippen LogP contribution in [-0.4, -0.2) is 216 Å². The fourth-order valence-electron chi connectivity index (χ4n) is 11.8. The highest BCUT2D eigenvalue weighted by Gasteiger charge is 2.58. The summed E-state index contributed by atoms with van der Waals surface area (Å²) in [7, 11) is 5.82. The van der Waals surface area contributed by atoms with E-state index < -0.39 is 152 Å². The quantitative estimate of drug-likeness (QED) is 0.108. The minimum absolute atomic E-state index is 0.00848. The van der Waals surface area contributed by atoms with Crippen LogP contribution in [0, 0.1) is 17.8 Å². The first-order valence-electron chi connectivity index (χ1n) is 28.4. The van der Waals surface area contributed by atoms with Crippen molar-refractivity contribution in [3.63, 3.8) is 0 Å². The van der Waals surface area contributed by atoms with Crippen LogP contribution < -0.4 is 0 Å². The van der Waals surface area contributed by atoms with Crippen LogP contribution in [0.1, 0.15) is 121 Å². The third-order valence-electron chi connectivity index (χ3n) is 16.6. The lowest BCUT2D eigenvalue weighted by atomic mass is 9.76. The van der Waals surface area contributed by atoms with Crippen LogP contribution in [-0.2, 0) is 61.6 Å². The minimum Gasteiger partial charge on any atom is -0.456 e. The van der Waals surface area contributed by atoms with Gasteiger partial charge in [0.05, 0.1) is 73.2 Å². The van der Waals surface area contributed by atoms with E-state index in [9.17, 15) is 45.6 Å². The van der Waals surface area contributed by atoms with Gasteiger partial charge in [0.1, 0.15) is 42.7 Å². The van der Waals surface area contributed by atoms with Crippen molar-refractivity contribution in [2.45, 2.75) is 255 Å². The number of carbonyl (C=O) groups is 1. The van der Waals surface area contributed by atoms with Crippen molar-refractivity contribution in [3.05, 3.63) is 58.7 Å². The van der Waals surface area contributed by atoms with Gasteiger partial charge in [0.15, 0.2) is 18.9 Å². The van der Waals surface area contributed by atoms with Crippen LogP contribution in [0.5, 0.6) is 0 Å². The average Bonchev–Trinajstić information content (AvgIpc) is 3.47. The molecule has 5 aliphatic rings. The molecule has 8 N–H and O–H groups in total. The molecule has 0 aromatic carbocycles. The van der Waals surface area contributed by atoms with Crippen LogP contribution in [0.25, 0.3) is 0 Å². The summed E-state index contributed by atoms with van der Waals surface area (Å²) in [4.78, 5) is 14.2. The summed E-state index contributed by atoms with van der Waals surface area (Å²) in [5, 5.41) is 92.7. The minimum atomic E-state index is -2.54. The number of aliphatic hydroxyl groups is 8. The number of rotatable bonds is 15. The number of carbonyl (C=O) groups excluding carboxylic acids is 1. The molecule has 4 fully saturated rings. The lowest BCUT2D eigenvalue weighted by Crippen LogP contribution is -2.66. The van der Waals surface area contributed by atoms with Gasteiger partial charge in [-0.2, -0.15) is 0 Å². The van der Waals surface area contributed by atoms with Gasteiger partial charge in [0, 0.05) is 77.4 Å². The Kier molecular flexibility index (Phi) is 26.0. The molecule has 0 radical (unpaired) electrons. The zero-order valence-corrected chi connectivity index (χ0v) is 49.8. The lowest BCUT2D eigenvalue weighted by Gasteiger charge is -2.51. The van der Waals surface area contributed by atoms with E-state index in [0.717, 1.165) is 11.1 Å². The molecule has 25 atom stereocenters. The monoisotopic (exact) mass is 1140 g/mol. The number of ether oxygens (including phenoxy) is 12. The van der Waals surface area contributed by atoms with Crippen LogP contribution in [0.3, 0.4) is 0 Å². The van der Waals surface area contributed by atoms with Crippen molar-refractivity contribution < 1.29 is 102 Å². The summed E-state index contributed by atoms with van der Waals surface area (Å²) >= 11 is 0. The summed E-state index contributed by atoms with van der Waals surface area (Å²) in [6, 6.07) is 0. The van der Waals surface area contributed by atoms with Crippen LogP contribution in [0.4, 0.5) is 0 Å². The summed E-state index contributed by atoms with van der Waals surface area (Å²) in [6.45, 7) is 19.2. The standard InChI is InChI=1S/C59H98O21/c1-30-18-16-17-19-41(60)44(70-13)26-46(77-56(66)34(5)24-32(3)22-31(2)23-33(4)42(21-20-30)78-57-52(64)51(63)53(72-15)38(9)75-57)54(65)59(68)36(7)49(61)35(6)43(80-59)25-40(29-69-12)76-48-28-58(11,67)55(39(10)74-48)79-47-27-45(71-14)50(62)37(8)73-47/h18,20-24,33,35-55,57,60-65,67-68H,16-17,19,25-29H2,1-15H3/b21-20+,30-18+,31-23+,32-22+,34-24+/t33-,35+,36-,37-,38+,39+,40-,41+,42-,43-,44+,45-,46?,47+,48+,49+,50-,51+,52+,53+,54-,55+,57+,58+,59-/m1/s1. The first kappa shape index (κ1) is 68.2. The molecule has 1 unspecified atom stereocenters. The number of hydrogen-bond acceptors (Lipinski definition) is 21. The van der Waals surface area contributed by atoms with E-state index >= 15 is 0 Å². The second kappa shape index (κ2) is 30.5. The predicted molar refractivity (Wildman–Crippen MR) is 292 cm³/mol. The number of allylic oxidation sites excluding steroid dienone is 7. The fourth-order valence-corrected chi connectivity index (χ4v) is 11.8. The number of cyclic esters (lactones) is 1. The van der Waals surface area contributed by atoms with Crippen LogP contribution in [0.15, 0.2) is 58.7 Å². The molecule has 0 spiro atoms. The summed E-state index contributed by atoms with van der Waals surface area (Å²) in [5.41, 5.74) is 1.05. The molecule has 5 heterocycles. The first-order valence-corrected chi connectivity index (χ1v) is 28.4. The zero-order valence-electron chi connectivity index (χ0n) is 49.8. The van der Waals surface area contributed by atoms with E-state index in [1.165, 1.54) is 35.4 Å². The maximum absolute atomic E-state index is 14.2. The SMILES string of the molecule is COC[C@@H](C[C@H]1O[C@@](O)([C@H](O)C2C[C@H](OC)[C@@H](O)CCC/C=C(C)/C=C/[C@@H](O[C@@H]3O[C@@H](C)[C@H](OC)[C@@H](O)[C@@H]3O)[C@H](C)/C=C(C)/C=C(C)/C=C(\C)C(=O)O2)[C@H](C)[C@@H](O)[C@H]1C)O[C@H]1C[C@](C)(O)[C@@H](O[C@H]2C[C@@H](OC)[C@H](O)[C@@H](C)O2)[C@H](C)O1. The van der Waals surface area contributed by atoms with Crippen LogP contribution in [0.2, 0.25) is 0 Å². The van der Waals surface area contributed by atoms with Crippen molar-refractivity contribution >= 4 is 5.97 Å². The Bertz CT molecular complexity index is 2100. The molecule has 0 aromatic heterocycles. The fraction of sp³-hybridized carbons (Fsp3) is 0.814. The van der Waals surface area contributed by atoms with Crippen molar-refractivity contribution in [1.82, 2.24) is 0 Å². The van der Waals surface area contributed by atoms with Gasteiger partial charge in [-0.1, -0.05) is 67.9 Å². The van der Waals surface area contributed by atoms with Gasteiger partial charge in [-0.15, -0.1) is 0 Å². The van der Waals surface area contributed by atoms with E-state index in [1.807, 2.05) is 51.2 Å². The summed E-state index contributed by atoms with van der Waals surface area (Å²) in [6.07, 6.45) is -7.18. The molecule has 0 aliphatic carbocycles. The Hall–Kier alpha value is -2.59. The molecule has 4 saturated heterocycles. The maximum atomic E-state index is 14.2. The highest BCUT2D eigenvalue weighted by atomic mass is 16.7. The smallest absolute Gasteiger partial charge is 0.334 e. The van der Waals surface area contributed by atoms with Gasteiger partial charge in [0.2, 0.25) is 5.79 Å². The normalized spacial score (nSPS) is 46.4. The second-order valence-corrected chi connectivity index (χ2v) is 23.3. The average molecular weight is 1140 g/mol. The third-order valence-corrected chi connectivity index (χ3v) is 16.6. The van der Waals surface area contributed by atoms with E-state index in [1.54, 1.807) is 54.5 Å². The third kappa shape index (κ3) is 17.5. The van der Waals surface area contributed by atoms with Crippen molar-refractivity contribution in [3.8, 4) is 0 Å². The van der Waals surface area contributed by atoms with Gasteiger partial charge in [-0.3, -0.25) is 0 Å². The van der Waals surface area contributed by atoms with Crippen molar-refractivity contribution in [1.29, 1.82) is 0 Å². The zero-order chi connectivity index (χ0) is 59.6. The molecular weight excluding hydrogens is 1040 g/mol. The van der Waals surface area contributed by atoms with E-state index in [4.69, 9.17) is 56.8 Å². The predicted octanol–water partition coefficient (Wildman–Crippen LogP) is 3.98. The molecule has 0 saturated carbocycles. The Morgan fingerprint density at radius 2 is 1.43 bits per heavy atom. The van der Waals surface area contributed by atoms with Gasteiger partial charge in [-0.05, 0) is 80.7 Å². The van der Waals surface area contributed by atoms with Crippen molar-refractivity contribution in [2.75, 3.05) is 35.0 Å². The molecule has 0 aromatic rings. The van der Waals surface area contributed by atoms with Gasteiger partial charge in [0.25, 0.3) is 0 Å². The summed E-state index contributed by atoms with van der Waals surface area (Å²) < 4.78 is 72.1. The Morgan fingerprint density at radius 3 is 2.06 bits per heavy atom. The highest BCUT2D eigenvalue weighted by molar-refractivity contribution is 5.88. The van der Waals surface area contributed by atoms with Crippen LogP contribution >= 0.6 is 0 Å².